The molecule has 2 aromatic heterocycles. The molecular formula is C23H27F3N4O2. The number of aromatic nitrogens is 3. The first-order valence-electron chi connectivity index (χ1n) is 10.8. The minimum absolute atomic E-state index is 0.0908. The van der Waals surface area contributed by atoms with E-state index >= 15 is 0 Å². The fraction of sp³-hybridized carbons (Fsp3) is 0.478. The molecule has 1 aliphatic rings. The van der Waals surface area contributed by atoms with Gasteiger partial charge in [0.15, 0.2) is 0 Å². The normalized spacial score (nSPS) is 21.4. The van der Waals surface area contributed by atoms with Gasteiger partial charge in [0.1, 0.15) is 0 Å². The zero-order valence-corrected chi connectivity index (χ0v) is 17.8. The predicted octanol–water partition coefficient (Wildman–Crippen LogP) is 4.59. The van der Waals surface area contributed by atoms with Crippen LogP contribution in [0.5, 0.6) is 0 Å². The first-order valence-corrected chi connectivity index (χ1v) is 10.8. The lowest BCUT2D eigenvalue weighted by Gasteiger charge is -2.36. The summed E-state index contributed by atoms with van der Waals surface area (Å²) < 4.78 is 41.7. The van der Waals surface area contributed by atoms with Crippen molar-refractivity contribution in [1.29, 1.82) is 0 Å². The first kappa shape index (κ1) is 22.4. The predicted molar refractivity (Wildman–Crippen MR) is 114 cm³/mol. The number of hydrogen-bond acceptors (Lipinski definition) is 3. The lowest BCUT2D eigenvalue weighted by Crippen LogP contribution is -2.42. The number of aliphatic hydroxyl groups excluding tert-OH is 1. The van der Waals surface area contributed by atoms with Crippen molar-refractivity contribution in [3.63, 3.8) is 0 Å². The summed E-state index contributed by atoms with van der Waals surface area (Å²) in [5.41, 5.74) is -0.00752. The lowest BCUT2D eigenvalue weighted by atomic mass is 9.74. The number of amides is 1. The third-order valence-electron chi connectivity index (χ3n) is 6.65. The minimum Gasteiger partial charge on any atom is -0.395 e. The Hall–Kier alpha value is -2.81. The summed E-state index contributed by atoms with van der Waals surface area (Å²) in [5, 5.41) is 13.3. The maximum absolute atomic E-state index is 13.3. The molecule has 32 heavy (non-hydrogen) atoms. The van der Waals surface area contributed by atoms with Crippen LogP contribution in [0.2, 0.25) is 0 Å². The fourth-order valence-electron chi connectivity index (χ4n) is 4.58. The molecule has 2 heterocycles. The highest BCUT2D eigenvalue weighted by Crippen LogP contribution is 2.45. The van der Waals surface area contributed by atoms with Gasteiger partial charge < -0.3 is 20.0 Å². The van der Waals surface area contributed by atoms with E-state index in [9.17, 15) is 23.1 Å². The SMILES string of the molecule is C[C@](CO)(CC1CCC(NC(=O)c2cc(-n3ccnc3)cc3cc[nH]c23)CC1)C(F)(F)F. The largest absolute Gasteiger partial charge is 0.396 e. The number of imidazole rings is 1. The molecule has 0 radical (unpaired) electrons. The van der Waals surface area contributed by atoms with Crippen molar-refractivity contribution in [3.05, 3.63) is 48.7 Å². The van der Waals surface area contributed by atoms with E-state index in [0.717, 1.165) is 23.5 Å². The van der Waals surface area contributed by atoms with E-state index < -0.39 is 18.2 Å². The van der Waals surface area contributed by atoms with Gasteiger partial charge in [-0.25, -0.2) is 4.98 Å². The molecule has 172 valence electrons. The van der Waals surface area contributed by atoms with Crippen LogP contribution in [0, 0.1) is 11.3 Å². The van der Waals surface area contributed by atoms with Crippen molar-refractivity contribution in [1.82, 2.24) is 19.9 Å². The van der Waals surface area contributed by atoms with Gasteiger partial charge in [-0.15, -0.1) is 0 Å². The molecule has 1 fully saturated rings. The Morgan fingerprint density at radius 1 is 1.28 bits per heavy atom. The highest BCUT2D eigenvalue weighted by molar-refractivity contribution is 6.06. The summed E-state index contributed by atoms with van der Waals surface area (Å²) in [4.78, 5) is 20.3. The zero-order valence-electron chi connectivity index (χ0n) is 17.8. The number of nitrogens with one attached hydrogen (secondary N) is 2. The standard InChI is InChI=1S/C23H27F3N4O2/c1-22(13-31,23(24,25)26)12-15-2-4-17(5-3-15)29-21(32)19-11-18(30-9-8-27-14-30)10-16-6-7-28-20(16)19/h6-11,14-15,17,28,31H,2-5,12-13H2,1H3,(H,29,32)/t15?,17?,22-/m1/s1. The molecule has 0 aliphatic heterocycles. The maximum Gasteiger partial charge on any atom is 0.396 e. The van der Waals surface area contributed by atoms with E-state index in [1.165, 1.54) is 0 Å². The molecule has 3 aromatic rings. The Labute approximate surface area is 183 Å². The Morgan fingerprint density at radius 2 is 2.03 bits per heavy atom. The number of fused-ring (bicyclic) bond motifs is 1. The Balaban J connectivity index is 1.43. The number of aliphatic hydroxyl groups is 1. The molecule has 0 bridgehead atoms. The van der Waals surface area contributed by atoms with Gasteiger partial charge in [-0.05, 0) is 63.1 Å². The molecular weight excluding hydrogens is 421 g/mol. The summed E-state index contributed by atoms with van der Waals surface area (Å²) in [5.74, 6) is -0.333. The second-order valence-electron chi connectivity index (χ2n) is 9.02. The Kier molecular flexibility index (Phi) is 6.03. The Morgan fingerprint density at radius 3 is 2.66 bits per heavy atom. The van der Waals surface area contributed by atoms with Gasteiger partial charge in [0.25, 0.3) is 5.91 Å². The molecule has 1 saturated carbocycles. The van der Waals surface area contributed by atoms with Crippen LogP contribution in [-0.4, -0.2) is 44.4 Å². The topological polar surface area (TPSA) is 82.9 Å². The van der Waals surface area contributed by atoms with Crippen LogP contribution in [0.25, 0.3) is 16.6 Å². The minimum atomic E-state index is -4.44. The quantitative estimate of drug-likeness (QED) is 0.516. The van der Waals surface area contributed by atoms with Crippen LogP contribution in [0.4, 0.5) is 13.2 Å². The monoisotopic (exact) mass is 448 g/mol. The van der Waals surface area contributed by atoms with E-state index in [0.29, 0.717) is 31.2 Å². The number of carbonyl (C=O) groups excluding carboxylic acids is 1. The molecule has 4 rings (SSSR count). The van der Waals surface area contributed by atoms with Crippen LogP contribution < -0.4 is 5.32 Å². The van der Waals surface area contributed by atoms with Gasteiger partial charge in [-0.3, -0.25) is 4.79 Å². The number of alkyl halides is 3. The van der Waals surface area contributed by atoms with Crippen molar-refractivity contribution in [3.8, 4) is 5.69 Å². The number of H-pyrrole nitrogens is 1. The van der Waals surface area contributed by atoms with E-state index in [-0.39, 0.29) is 24.3 Å². The summed E-state index contributed by atoms with van der Waals surface area (Å²) in [7, 11) is 0. The molecule has 1 aromatic carbocycles. The number of nitrogens with zero attached hydrogens (tertiary/aromatic N) is 2. The number of carbonyl (C=O) groups is 1. The van der Waals surface area contributed by atoms with Crippen LogP contribution in [0.1, 0.15) is 49.4 Å². The van der Waals surface area contributed by atoms with Gasteiger partial charge in [0.2, 0.25) is 0 Å². The zero-order chi connectivity index (χ0) is 22.9. The van der Waals surface area contributed by atoms with Gasteiger partial charge >= 0.3 is 6.18 Å². The summed E-state index contributed by atoms with van der Waals surface area (Å²) >= 11 is 0. The van der Waals surface area contributed by atoms with Crippen molar-refractivity contribution in [2.24, 2.45) is 11.3 Å². The average molecular weight is 448 g/mol. The van der Waals surface area contributed by atoms with Gasteiger partial charge in [-0.1, -0.05) is 0 Å². The average Bonchev–Trinajstić information content (AvgIpc) is 3.45. The van der Waals surface area contributed by atoms with Crippen LogP contribution in [0.3, 0.4) is 0 Å². The summed E-state index contributed by atoms with van der Waals surface area (Å²) in [6, 6.07) is 5.58. The van der Waals surface area contributed by atoms with E-state index in [4.69, 9.17) is 0 Å². The number of aromatic amines is 1. The number of rotatable bonds is 6. The smallest absolute Gasteiger partial charge is 0.395 e. The van der Waals surface area contributed by atoms with Crippen molar-refractivity contribution >= 4 is 16.8 Å². The second-order valence-corrected chi connectivity index (χ2v) is 9.02. The molecule has 0 spiro atoms. The second kappa shape index (κ2) is 8.61. The number of benzene rings is 1. The molecule has 3 N–H and O–H groups in total. The lowest BCUT2D eigenvalue weighted by molar-refractivity contribution is -0.235. The molecule has 6 nitrogen and oxygen atoms in total. The summed E-state index contributed by atoms with van der Waals surface area (Å²) in [6.45, 7) is 0.169. The van der Waals surface area contributed by atoms with Crippen LogP contribution in [0.15, 0.2) is 43.1 Å². The third-order valence-corrected chi connectivity index (χ3v) is 6.65. The third kappa shape index (κ3) is 4.39. The van der Waals surface area contributed by atoms with Crippen LogP contribution >= 0.6 is 0 Å². The molecule has 1 aliphatic carbocycles. The van der Waals surface area contributed by atoms with Gasteiger partial charge in [-0.2, -0.15) is 13.2 Å². The van der Waals surface area contributed by atoms with Gasteiger partial charge in [0.05, 0.1) is 29.4 Å². The van der Waals surface area contributed by atoms with Gasteiger partial charge in [0, 0.05) is 35.7 Å². The van der Waals surface area contributed by atoms with Crippen molar-refractivity contribution < 1.29 is 23.1 Å². The molecule has 1 atom stereocenters. The number of hydrogen-bond donors (Lipinski definition) is 3. The first-order chi connectivity index (χ1) is 15.2. The number of halogens is 3. The fourth-order valence-corrected chi connectivity index (χ4v) is 4.58. The Bertz CT molecular complexity index is 1070. The highest BCUT2D eigenvalue weighted by atomic mass is 19.4. The maximum atomic E-state index is 13.3. The van der Waals surface area contributed by atoms with E-state index in [1.807, 2.05) is 16.7 Å². The molecule has 9 heteroatoms. The van der Waals surface area contributed by atoms with Crippen molar-refractivity contribution in [2.75, 3.05) is 6.61 Å². The summed E-state index contributed by atoms with van der Waals surface area (Å²) in [6.07, 6.45) is 4.79. The van der Waals surface area contributed by atoms with Crippen molar-refractivity contribution in [2.45, 2.75) is 51.2 Å². The van der Waals surface area contributed by atoms with E-state index in [1.54, 1.807) is 31.0 Å². The molecule has 0 unspecified atom stereocenters. The van der Waals surface area contributed by atoms with Crippen LogP contribution in [-0.2, 0) is 0 Å². The highest BCUT2D eigenvalue weighted by Gasteiger charge is 2.51. The molecule has 1 amide bonds. The van der Waals surface area contributed by atoms with E-state index in [2.05, 4.69) is 15.3 Å². The molecule has 0 saturated heterocycles.